The Balaban J connectivity index is 2.90. The van der Waals surface area contributed by atoms with E-state index in [1.807, 2.05) is 0 Å². The van der Waals surface area contributed by atoms with Crippen molar-refractivity contribution in [2.45, 2.75) is 6.92 Å². The Morgan fingerprint density at radius 3 is 2.77 bits per heavy atom. The maximum absolute atomic E-state index is 12.8. The number of carbonyl (C=O) groups excluding carboxylic acids is 1. The van der Waals surface area contributed by atoms with E-state index in [2.05, 4.69) is 10.3 Å². The second-order valence-corrected chi connectivity index (χ2v) is 2.60. The van der Waals surface area contributed by atoms with Gasteiger partial charge in [-0.05, 0) is 30.7 Å². The van der Waals surface area contributed by atoms with Gasteiger partial charge < -0.3 is 0 Å². The molecular formula is C9H10FNO2. The maximum atomic E-state index is 12.8. The highest BCUT2D eigenvalue weighted by atomic mass is 19.1. The van der Waals surface area contributed by atoms with Crippen LogP contribution in [0.25, 0.3) is 0 Å². The fraction of sp³-hybridized carbons (Fsp3) is 0.222. The average molecular weight is 183 g/mol. The van der Waals surface area contributed by atoms with Crippen molar-refractivity contribution < 1.29 is 14.0 Å². The molecule has 0 atom stereocenters. The third-order valence-corrected chi connectivity index (χ3v) is 1.61. The minimum atomic E-state index is -0.384. The monoisotopic (exact) mass is 183 g/mol. The topological polar surface area (TPSA) is 38.3 Å². The molecule has 1 amide bonds. The van der Waals surface area contributed by atoms with Gasteiger partial charge in [0, 0.05) is 5.56 Å². The number of aryl methyl sites for hydroxylation is 1. The van der Waals surface area contributed by atoms with Crippen molar-refractivity contribution in [2.24, 2.45) is 0 Å². The van der Waals surface area contributed by atoms with Crippen molar-refractivity contribution in [3.8, 4) is 0 Å². The summed E-state index contributed by atoms with van der Waals surface area (Å²) in [6, 6.07) is 4.11. The van der Waals surface area contributed by atoms with Crippen molar-refractivity contribution in [1.29, 1.82) is 0 Å². The summed E-state index contributed by atoms with van der Waals surface area (Å²) in [4.78, 5) is 15.6. The van der Waals surface area contributed by atoms with Crippen molar-refractivity contribution in [3.05, 3.63) is 35.1 Å². The number of benzene rings is 1. The first-order chi connectivity index (χ1) is 6.15. The molecule has 3 nitrogen and oxygen atoms in total. The normalized spacial score (nSPS) is 9.77. The van der Waals surface area contributed by atoms with Crippen LogP contribution in [0.1, 0.15) is 15.9 Å². The minimum Gasteiger partial charge on any atom is -0.277 e. The van der Waals surface area contributed by atoms with Crippen molar-refractivity contribution in [3.63, 3.8) is 0 Å². The molecule has 0 radical (unpaired) electrons. The highest BCUT2D eigenvalue weighted by molar-refractivity contribution is 5.93. The third kappa shape index (κ3) is 2.26. The van der Waals surface area contributed by atoms with E-state index in [0.29, 0.717) is 11.1 Å². The molecule has 0 saturated heterocycles. The highest BCUT2D eigenvalue weighted by Gasteiger charge is 2.06. The molecule has 1 rings (SSSR count). The first-order valence-electron chi connectivity index (χ1n) is 3.74. The molecule has 1 N–H and O–H groups in total. The molecule has 0 heterocycles. The van der Waals surface area contributed by atoms with Gasteiger partial charge in [-0.15, -0.1) is 0 Å². The molecule has 1 aromatic rings. The van der Waals surface area contributed by atoms with Crippen LogP contribution >= 0.6 is 0 Å². The van der Waals surface area contributed by atoms with Gasteiger partial charge in [-0.2, -0.15) is 0 Å². The number of rotatable bonds is 2. The Morgan fingerprint density at radius 1 is 1.54 bits per heavy atom. The first kappa shape index (κ1) is 9.67. The van der Waals surface area contributed by atoms with Crippen LogP contribution in [0.15, 0.2) is 18.2 Å². The summed E-state index contributed by atoms with van der Waals surface area (Å²) in [5.74, 6) is -0.709. The van der Waals surface area contributed by atoms with Crippen molar-refractivity contribution in [2.75, 3.05) is 7.11 Å². The van der Waals surface area contributed by atoms with Crippen LogP contribution in [0.2, 0.25) is 0 Å². The molecule has 13 heavy (non-hydrogen) atoms. The molecule has 0 aliphatic carbocycles. The fourth-order valence-electron chi connectivity index (χ4n) is 0.938. The lowest BCUT2D eigenvalue weighted by Gasteiger charge is -2.02. The predicted octanol–water partition coefficient (Wildman–Crippen LogP) is 1.43. The van der Waals surface area contributed by atoms with E-state index in [1.165, 1.54) is 25.3 Å². The Morgan fingerprint density at radius 2 is 2.23 bits per heavy atom. The molecule has 0 spiro atoms. The molecule has 0 unspecified atom stereocenters. The third-order valence-electron chi connectivity index (χ3n) is 1.61. The molecule has 0 aliphatic heterocycles. The SMILES string of the molecule is CONC(=O)c1ccc(F)c(C)c1. The van der Waals surface area contributed by atoms with Crippen LogP contribution in [0.4, 0.5) is 4.39 Å². The van der Waals surface area contributed by atoms with Gasteiger partial charge in [0.05, 0.1) is 7.11 Å². The predicted molar refractivity (Wildman–Crippen MR) is 45.6 cm³/mol. The molecule has 0 aromatic heterocycles. The quantitative estimate of drug-likeness (QED) is 0.704. The van der Waals surface area contributed by atoms with Gasteiger partial charge in [0.15, 0.2) is 0 Å². The number of hydrogen-bond donors (Lipinski definition) is 1. The standard InChI is InChI=1S/C9H10FNO2/c1-6-5-7(3-4-8(6)10)9(12)11-13-2/h3-5H,1-2H3,(H,11,12). The zero-order valence-electron chi connectivity index (χ0n) is 7.43. The van der Waals surface area contributed by atoms with Crippen LogP contribution in [0.3, 0.4) is 0 Å². The van der Waals surface area contributed by atoms with Gasteiger partial charge in [-0.1, -0.05) is 0 Å². The van der Waals surface area contributed by atoms with E-state index in [0.717, 1.165) is 0 Å². The summed E-state index contributed by atoms with van der Waals surface area (Å²) in [5, 5.41) is 0. The number of amides is 1. The molecule has 0 aliphatic rings. The van der Waals surface area contributed by atoms with Crippen LogP contribution in [0, 0.1) is 12.7 Å². The van der Waals surface area contributed by atoms with E-state index in [-0.39, 0.29) is 11.7 Å². The summed E-state index contributed by atoms with van der Waals surface area (Å²) in [5.41, 5.74) is 2.96. The van der Waals surface area contributed by atoms with Crippen molar-refractivity contribution >= 4 is 5.91 Å². The molecule has 0 bridgehead atoms. The summed E-state index contributed by atoms with van der Waals surface area (Å²) >= 11 is 0. The van der Waals surface area contributed by atoms with Crippen LogP contribution < -0.4 is 5.48 Å². The lowest BCUT2D eigenvalue weighted by atomic mass is 10.1. The smallest absolute Gasteiger partial charge is 0.274 e. The van der Waals surface area contributed by atoms with E-state index in [9.17, 15) is 9.18 Å². The van der Waals surface area contributed by atoms with Gasteiger partial charge in [-0.25, -0.2) is 9.87 Å². The lowest BCUT2D eigenvalue weighted by molar-refractivity contribution is 0.0537. The Kier molecular flexibility index (Phi) is 2.97. The number of hydrogen-bond acceptors (Lipinski definition) is 2. The molecule has 0 fully saturated rings. The van der Waals surface area contributed by atoms with E-state index >= 15 is 0 Å². The Bertz CT molecular complexity index is 325. The van der Waals surface area contributed by atoms with E-state index < -0.39 is 0 Å². The second kappa shape index (κ2) is 4.00. The number of carbonyl (C=O) groups is 1. The first-order valence-corrected chi connectivity index (χ1v) is 3.74. The maximum Gasteiger partial charge on any atom is 0.274 e. The second-order valence-electron chi connectivity index (χ2n) is 2.60. The summed E-state index contributed by atoms with van der Waals surface area (Å²) < 4.78 is 12.8. The van der Waals surface area contributed by atoms with Gasteiger partial charge in [0.25, 0.3) is 5.91 Å². The number of hydroxylamine groups is 1. The Hall–Kier alpha value is -1.42. The van der Waals surface area contributed by atoms with Gasteiger partial charge in [-0.3, -0.25) is 9.63 Å². The summed E-state index contributed by atoms with van der Waals surface area (Å²) in [7, 11) is 1.34. The largest absolute Gasteiger partial charge is 0.277 e. The summed E-state index contributed by atoms with van der Waals surface area (Å²) in [6.07, 6.45) is 0. The molecule has 70 valence electrons. The van der Waals surface area contributed by atoms with Crippen LogP contribution in [-0.2, 0) is 4.84 Å². The van der Waals surface area contributed by atoms with E-state index in [4.69, 9.17) is 0 Å². The zero-order chi connectivity index (χ0) is 9.84. The number of halogens is 1. The fourth-order valence-corrected chi connectivity index (χ4v) is 0.938. The summed E-state index contributed by atoms with van der Waals surface area (Å²) in [6.45, 7) is 1.60. The van der Waals surface area contributed by atoms with Gasteiger partial charge in [0.1, 0.15) is 5.82 Å². The zero-order valence-corrected chi connectivity index (χ0v) is 7.43. The average Bonchev–Trinajstić information content (AvgIpc) is 2.10. The molecule has 4 heteroatoms. The van der Waals surface area contributed by atoms with Crippen molar-refractivity contribution in [1.82, 2.24) is 5.48 Å². The van der Waals surface area contributed by atoms with Gasteiger partial charge >= 0.3 is 0 Å². The van der Waals surface area contributed by atoms with Gasteiger partial charge in [0.2, 0.25) is 0 Å². The van der Waals surface area contributed by atoms with Crippen LogP contribution in [-0.4, -0.2) is 13.0 Å². The Labute approximate surface area is 75.5 Å². The number of nitrogens with one attached hydrogen (secondary N) is 1. The molecular weight excluding hydrogens is 173 g/mol. The highest BCUT2D eigenvalue weighted by Crippen LogP contribution is 2.08. The lowest BCUT2D eigenvalue weighted by Crippen LogP contribution is -2.21. The minimum absolute atomic E-state index is 0.325. The molecule has 1 aromatic carbocycles. The van der Waals surface area contributed by atoms with Crippen LogP contribution in [0.5, 0.6) is 0 Å². The van der Waals surface area contributed by atoms with E-state index in [1.54, 1.807) is 6.92 Å². The molecule has 0 saturated carbocycles.